The molecule has 0 aromatic carbocycles. The molecular weight excluding hydrogens is 222 g/mol. The number of pyridine rings is 1. The van der Waals surface area contributed by atoms with E-state index in [9.17, 15) is 0 Å². The number of hydrogen-bond donors (Lipinski definition) is 1. The van der Waals surface area contributed by atoms with E-state index in [2.05, 4.69) is 22.9 Å². The molecule has 2 aliphatic heterocycles. The van der Waals surface area contributed by atoms with Crippen molar-refractivity contribution in [2.24, 2.45) is 5.73 Å². The van der Waals surface area contributed by atoms with Gasteiger partial charge in [-0.1, -0.05) is 6.42 Å². The summed E-state index contributed by atoms with van der Waals surface area (Å²) in [6.07, 6.45) is 10.3. The molecule has 0 radical (unpaired) electrons. The highest BCUT2D eigenvalue weighted by Gasteiger charge is 2.36. The molecule has 2 unspecified atom stereocenters. The van der Waals surface area contributed by atoms with Crippen molar-refractivity contribution < 1.29 is 0 Å². The summed E-state index contributed by atoms with van der Waals surface area (Å²) in [5.41, 5.74) is 8.91. The molecule has 1 aromatic rings. The number of aromatic nitrogens is 1. The van der Waals surface area contributed by atoms with E-state index in [0.717, 1.165) is 6.54 Å². The molecule has 2 atom stereocenters. The minimum absolute atomic E-state index is 0.426. The Morgan fingerprint density at radius 3 is 2.72 bits per heavy atom. The van der Waals surface area contributed by atoms with E-state index in [1.165, 1.54) is 43.2 Å². The van der Waals surface area contributed by atoms with Gasteiger partial charge in [-0.2, -0.15) is 0 Å². The van der Waals surface area contributed by atoms with Gasteiger partial charge < -0.3 is 5.73 Å². The molecule has 3 heteroatoms. The topological polar surface area (TPSA) is 42.2 Å². The fraction of sp³-hybridized carbons (Fsp3) is 0.667. The first-order valence-electron chi connectivity index (χ1n) is 7.15. The quantitative estimate of drug-likeness (QED) is 0.869. The average Bonchev–Trinajstić information content (AvgIpc) is 2.33. The lowest BCUT2D eigenvalue weighted by Crippen LogP contribution is -2.54. The molecule has 0 spiro atoms. The molecule has 1 aromatic heterocycles. The Hall–Kier alpha value is -0.930. The van der Waals surface area contributed by atoms with Crippen LogP contribution < -0.4 is 5.73 Å². The van der Waals surface area contributed by atoms with E-state index >= 15 is 0 Å². The Kier molecular flexibility index (Phi) is 3.35. The normalized spacial score (nSPS) is 32.4. The fourth-order valence-corrected chi connectivity index (χ4v) is 3.66. The molecule has 0 amide bonds. The van der Waals surface area contributed by atoms with E-state index in [4.69, 9.17) is 5.73 Å². The summed E-state index contributed by atoms with van der Waals surface area (Å²) in [7, 11) is 0. The van der Waals surface area contributed by atoms with Crippen LogP contribution in [0, 0.1) is 6.92 Å². The van der Waals surface area contributed by atoms with E-state index in [-0.39, 0.29) is 0 Å². The van der Waals surface area contributed by atoms with Crippen molar-refractivity contribution >= 4 is 0 Å². The van der Waals surface area contributed by atoms with Crippen molar-refractivity contribution in [1.29, 1.82) is 0 Å². The van der Waals surface area contributed by atoms with Crippen LogP contribution in [0.2, 0.25) is 0 Å². The standard InChI is InChI=1S/C15H23N3/c1-11-9-17-6-5-12(11)10-18-14-3-2-4-15(18)8-13(16)7-14/h5-6,9,13-15H,2-4,7-8,10,16H2,1H3. The maximum absolute atomic E-state index is 6.17. The van der Waals surface area contributed by atoms with Crippen LogP contribution >= 0.6 is 0 Å². The van der Waals surface area contributed by atoms with Gasteiger partial charge in [-0.15, -0.1) is 0 Å². The molecule has 3 rings (SSSR count). The lowest BCUT2D eigenvalue weighted by Gasteiger charge is -2.48. The van der Waals surface area contributed by atoms with Gasteiger partial charge in [0.1, 0.15) is 0 Å². The van der Waals surface area contributed by atoms with Crippen LogP contribution in [0.4, 0.5) is 0 Å². The number of nitrogens with two attached hydrogens (primary N) is 1. The third kappa shape index (κ3) is 2.29. The Bertz CT molecular complexity index is 404. The van der Waals surface area contributed by atoms with Gasteiger partial charge in [0.15, 0.2) is 0 Å². The number of aryl methyl sites for hydroxylation is 1. The zero-order valence-electron chi connectivity index (χ0n) is 11.2. The minimum Gasteiger partial charge on any atom is -0.328 e. The Balaban J connectivity index is 1.78. The lowest BCUT2D eigenvalue weighted by atomic mass is 9.82. The molecule has 2 bridgehead atoms. The Morgan fingerprint density at radius 2 is 2.06 bits per heavy atom. The van der Waals surface area contributed by atoms with Crippen LogP contribution in [-0.4, -0.2) is 28.0 Å². The highest BCUT2D eigenvalue weighted by molar-refractivity contribution is 5.22. The Labute approximate surface area is 109 Å². The number of fused-ring (bicyclic) bond motifs is 2. The zero-order chi connectivity index (χ0) is 12.5. The SMILES string of the molecule is Cc1cnccc1CN1C2CCCC1CC(N)C2. The van der Waals surface area contributed by atoms with E-state index in [1.807, 2.05) is 12.4 Å². The van der Waals surface area contributed by atoms with Crippen LogP contribution in [-0.2, 0) is 6.54 Å². The maximum Gasteiger partial charge on any atom is 0.0300 e. The minimum atomic E-state index is 0.426. The second-order valence-corrected chi connectivity index (χ2v) is 5.94. The van der Waals surface area contributed by atoms with E-state index in [0.29, 0.717) is 18.1 Å². The summed E-state index contributed by atoms with van der Waals surface area (Å²) < 4.78 is 0. The van der Waals surface area contributed by atoms with Gasteiger partial charge in [0.05, 0.1) is 0 Å². The molecule has 2 fully saturated rings. The molecule has 0 saturated carbocycles. The van der Waals surface area contributed by atoms with Crippen molar-refractivity contribution in [2.75, 3.05) is 0 Å². The van der Waals surface area contributed by atoms with Gasteiger partial charge in [0, 0.05) is 37.1 Å². The average molecular weight is 245 g/mol. The Morgan fingerprint density at radius 1 is 1.33 bits per heavy atom. The maximum atomic E-state index is 6.17. The molecule has 2 N–H and O–H groups in total. The largest absolute Gasteiger partial charge is 0.328 e. The summed E-state index contributed by atoms with van der Waals surface area (Å²) in [5, 5.41) is 0. The summed E-state index contributed by atoms with van der Waals surface area (Å²) >= 11 is 0. The van der Waals surface area contributed by atoms with Crippen LogP contribution in [0.15, 0.2) is 18.5 Å². The first-order valence-corrected chi connectivity index (χ1v) is 7.15. The van der Waals surface area contributed by atoms with Crippen molar-refractivity contribution in [3.8, 4) is 0 Å². The predicted molar refractivity (Wildman–Crippen MR) is 73.2 cm³/mol. The molecule has 2 saturated heterocycles. The van der Waals surface area contributed by atoms with Crippen molar-refractivity contribution in [2.45, 2.75) is 63.7 Å². The molecule has 2 aliphatic rings. The van der Waals surface area contributed by atoms with Gasteiger partial charge in [-0.3, -0.25) is 9.88 Å². The van der Waals surface area contributed by atoms with Crippen molar-refractivity contribution in [3.63, 3.8) is 0 Å². The van der Waals surface area contributed by atoms with Crippen molar-refractivity contribution in [3.05, 3.63) is 29.6 Å². The van der Waals surface area contributed by atoms with Gasteiger partial charge in [-0.05, 0) is 49.8 Å². The molecule has 0 aliphatic carbocycles. The van der Waals surface area contributed by atoms with Crippen molar-refractivity contribution in [1.82, 2.24) is 9.88 Å². The second kappa shape index (κ2) is 4.98. The molecule has 98 valence electrons. The van der Waals surface area contributed by atoms with E-state index < -0.39 is 0 Å². The smallest absolute Gasteiger partial charge is 0.0300 e. The fourth-order valence-electron chi connectivity index (χ4n) is 3.66. The molecule has 18 heavy (non-hydrogen) atoms. The molecule has 3 nitrogen and oxygen atoms in total. The first kappa shape index (κ1) is 12.1. The number of piperidine rings is 2. The van der Waals surface area contributed by atoms with Crippen LogP contribution in [0.25, 0.3) is 0 Å². The lowest BCUT2D eigenvalue weighted by molar-refractivity contribution is 0.0243. The van der Waals surface area contributed by atoms with Gasteiger partial charge in [0.2, 0.25) is 0 Å². The highest BCUT2D eigenvalue weighted by atomic mass is 15.2. The van der Waals surface area contributed by atoms with Crippen LogP contribution in [0.1, 0.15) is 43.2 Å². The monoisotopic (exact) mass is 245 g/mol. The summed E-state index contributed by atoms with van der Waals surface area (Å²) in [5.74, 6) is 0. The van der Waals surface area contributed by atoms with Crippen LogP contribution in [0.5, 0.6) is 0 Å². The van der Waals surface area contributed by atoms with Crippen LogP contribution in [0.3, 0.4) is 0 Å². The molecule has 3 heterocycles. The zero-order valence-corrected chi connectivity index (χ0v) is 11.2. The second-order valence-electron chi connectivity index (χ2n) is 5.94. The highest BCUT2D eigenvalue weighted by Crippen LogP contribution is 2.34. The third-order valence-electron chi connectivity index (χ3n) is 4.65. The number of rotatable bonds is 2. The number of nitrogens with zero attached hydrogens (tertiary/aromatic N) is 2. The predicted octanol–water partition coefficient (Wildman–Crippen LogP) is 2.23. The molecular formula is C15H23N3. The van der Waals surface area contributed by atoms with E-state index in [1.54, 1.807) is 0 Å². The third-order valence-corrected chi connectivity index (χ3v) is 4.65. The summed E-state index contributed by atoms with van der Waals surface area (Å²) in [6.45, 7) is 3.24. The van der Waals surface area contributed by atoms with Gasteiger partial charge in [0.25, 0.3) is 0 Å². The summed E-state index contributed by atoms with van der Waals surface area (Å²) in [6, 6.07) is 4.01. The summed E-state index contributed by atoms with van der Waals surface area (Å²) in [4.78, 5) is 6.89. The van der Waals surface area contributed by atoms with Gasteiger partial charge >= 0.3 is 0 Å². The van der Waals surface area contributed by atoms with Gasteiger partial charge in [-0.25, -0.2) is 0 Å². The number of hydrogen-bond acceptors (Lipinski definition) is 3. The first-order chi connectivity index (χ1) is 8.74.